The number of nitrogens with two attached hydrogens (primary N) is 1. The molecule has 0 aromatic rings. The molecular weight excluding hydrogens is 270 g/mol. The van der Waals surface area contributed by atoms with E-state index in [1.807, 2.05) is 11.2 Å². The van der Waals surface area contributed by atoms with Gasteiger partial charge in [-0.1, -0.05) is 0 Å². The SMILES string of the molecule is CSCC[C@H](N)C(=O)N1CCN(C2CC2)CC1.Cl. The fourth-order valence-corrected chi connectivity index (χ4v) is 2.84. The fraction of sp³-hybridized carbons (Fsp3) is 0.917. The third-order valence-electron chi connectivity index (χ3n) is 3.64. The molecule has 2 N–H and O–H groups in total. The van der Waals surface area contributed by atoms with Crippen LogP contribution in [0.1, 0.15) is 19.3 Å². The van der Waals surface area contributed by atoms with E-state index in [1.54, 1.807) is 11.8 Å². The standard InChI is InChI=1S/C12H23N3OS.ClH/c1-17-9-4-11(13)12(16)15-7-5-14(6-8-15)10-2-3-10;/h10-11H,2-9,13H2,1H3;1H/t11-;/m0./s1. The number of carbonyl (C=O) groups excluding carboxylic acids is 1. The van der Waals surface area contributed by atoms with Gasteiger partial charge >= 0.3 is 0 Å². The summed E-state index contributed by atoms with van der Waals surface area (Å²) in [6.07, 6.45) is 5.54. The molecule has 1 aliphatic carbocycles. The van der Waals surface area contributed by atoms with Crippen molar-refractivity contribution in [2.75, 3.05) is 38.2 Å². The van der Waals surface area contributed by atoms with E-state index in [2.05, 4.69) is 4.90 Å². The summed E-state index contributed by atoms with van der Waals surface area (Å²) >= 11 is 1.75. The molecule has 0 radical (unpaired) electrons. The van der Waals surface area contributed by atoms with Gasteiger partial charge in [-0.25, -0.2) is 0 Å². The molecule has 2 fully saturated rings. The molecule has 106 valence electrons. The van der Waals surface area contributed by atoms with Crippen LogP contribution in [0.25, 0.3) is 0 Å². The van der Waals surface area contributed by atoms with Crippen molar-refractivity contribution in [1.82, 2.24) is 9.80 Å². The number of piperazine rings is 1. The van der Waals surface area contributed by atoms with E-state index in [1.165, 1.54) is 12.8 Å². The van der Waals surface area contributed by atoms with Gasteiger partial charge in [0.1, 0.15) is 0 Å². The second-order valence-electron chi connectivity index (χ2n) is 4.98. The quantitative estimate of drug-likeness (QED) is 0.814. The van der Waals surface area contributed by atoms with Gasteiger partial charge in [0.25, 0.3) is 0 Å². The van der Waals surface area contributed by atoms with Crippen molar-refractivity contribution in [3.63, 3.8) is 0 Å². The average molecular weight is 294 g/mol. The molecule has 1 heterocycles. The van der Waals surface area contributed by atoms with Crippen molar-refractivity contribution in [3.05, 3.63) is 0 Å². The Morgan fingerprint density at radius 1 is 1.33 bits per heavy atom. The highest BCUT2D eigenvalue weighted by Gasteiger charge is 2.33. The van der Waals surface area contributed by atoms with Gasteiger partial charge in [-0.2, -0.15) is 11.8 Å². The Morgan fingerprint density at radius 2 is 1.94 bits per heavy atom. The van der Waals surface area contributed by atoms with Crippen LogP contribution in [0.2, 0.25) is 0 Å². The summed E-state index contributed by atoms with van der Waals surface area (Å²) in [5.41, 5.74) is 5.92. The first-order valence-corrected chi connectivity index (χ1v) is 7.89. The molecule has 4 nitrogen and oxygen atoms in total. The number of carbonyl (C=O) groups is 1. The first kappa shape index (κ1) is 16.1. The van der Waals surface area contributed by atoms with Gasteiger partial charge < -0.3 is 10.6 Å². The predicted octanol–water partition coefficient (Wildman–Crippen LogP) is 0.795. The molecule has 6 heteroatoms. The first-order valence-electron chi connectivity index (χ1n) is 6.49. The van der Waals surface area contributed by atoms with Gasteiger partial charge in [0.05, 0.1) is 6.04 Å². The first-order chi connectivity index (χ1) is 8.22. The number of halogens is 1. The molecule has 1 saturated carbocycles. The van der Waals surface area contributed by atoms with Crippen LogP contribution < -0.4 is 5.73 Å². The highest BCUT2D eigenvalue weighted by atomic mass is 35.5. The van der Waals surface area contributed by atoms with E-state index < -0.39 is 0 Å². The van der Waals surface area contributed by atoms with Crippen LogP contribution >= 0.6 is 24.2 Å². The summed E-state index contributed by atoms with van der Waals surface area (Å²) < 4.78 is 0. The van der Waals surface area contributed by atoms with Crippen LogP contribution in [-0.4, -0.2) is 66.0 Å². The normalized spacial score (nSPS) is 22.4. The van der Waals surface area contributed by atoms with E-state index in [9.17, 15) is 4.79 Å². The smallest absolute Gasteiger partial charge is 0.239 e. The Labute approximate surface area is 120 Å². The van der Waals surface area contributed by atoms with Crippen LogP contribution in [0.5, 0.6) is 0 Å². The number of hydrogen-bond acceptors (Lipinski definition) is 4. The Balaban J connectivity index is 0.00000162. The zero-order valence-electron chi connectivity index (χ0n) is 11.0. The van der Waals surface area contributed by atoms with Gasteiger partial charge in [-0.15, -0.1) is 12.4 Å². The molecule has 18 heavy (non-hydrogen) atoms. The molecule has 0 spiro atoms. The van der Waals surface area contributed by atoms with E-state index in [-0.39, 0.29) is 24.4 Å². The topological polar surface area (TPSA) is 49.6 Å². The second kappa shape index (κ2) is 7.58. The van der Waals surface area contributed by atoms with E-state index in [0.717, 1.165) is 44.4 Å². The molecule has 2 aliphatic rings. The predicted molar refractivity (Wildman–Crippen MR) is 79.4 cm³/mol. The van der Waals surface area contributed by atoms with Gasteiger partial charge in [0.15, 0.2) is 0 Å². The van der Waals surface area contributed by atoms with Crippen LogP contribution in [0.4, 0.5) is 0 Å². The lowest BCUT2D eigenvalue weighted by Gasteiger charge is -2.36. The summed E-state index contributed by atoms with van der Waals surface area (Å²) in [6.45, 7) is 3.79. The molecule has 1 saturated heterocycles. The minimum absolute atomic E-state index is 0. The Hall–Kier alpha value is 0.0300. The Morgan fingerprint density at radius 3 is 2.44 bits per heavy atom. The number of amides is 1. The number of hydrogen-bond donors (Lipinski definition) is 1. The summed E-state index contributed by atoms with van der Waals surface area (Å²) in [6, 6.07) is 0.521. The van der Waals surface area contributed by atoms with Crippen molar-refractivity contribution >= 4 is 30.1 Å². The monoisotopic (exact) mass is 293 g/mol. The second-order valence-corrected chi connectivity index (χ2v) is 5.97. The number of thioether (sulfide) groups is 1. The maximum Gasteiger partial charge on any atom is 0.239 e. The fourth-order valence-electron chi connectivity index (χ4n) is 2.35. The maximum absolute atomic E-state index is 12.1. The molecule has 0 unspecified atom stereocenters. The van der Waals surface area contributed by atoms with Crippen LogP contribution in [0.15, 0.2) is 0 Å². The number of rotatable bonds is 5. The Kier molecular flexibility index (Phi) is 6.77. The van der Waals surface area contributed by atoms with Crippen molar-refractivity contribution in [2.45, 2.75) is 31.3 Å². The van der Waals surface area contributed by atoms with Crippen molar-refractivity contribution < 1.29 is 4.79 Å². The molecular formula is C12H24ClN3OS. The van der Waals surface area contributed by atoms with Gasteiger partial charge in [-0.3, -0.25) is 9.69 Å². The molecule has 0 bridgehead atoms. The summed E-state index contributed by atoms with van der Waals surface area (Å²) in [7, 11) is 0. The molecule has 1 amide bonds. The van der Waals surface area contributed by atoms with Crippen molar-refractivity contribution in [1.29, 1.82) is 0 Å². The maximum atomic E-state index is 12.1. The molecule has 2 rings (SSSR count). The number of nitrogens with zero attached hydrogens (tertiary/aromatic N) is 2. The van der Waals surface area contributed by atoms with Crippen LogP contribution in [0, 0.1) is 0 Å². The Bertz CT molecular complexity index is 268. The molecule has 1 atom stereocenters. The third-order valence-corrected chi connectivity index (χ3v) is 4.28. The highest BCUT2D eigenvalue weighted by Crippen LogP contribution is 2.27. The van der Waals surface area contributed by atoms with Gasteiger partial charge in [0.2, 0.25) is 5.91 Å². The summed E-state index contributed by atoms with van der Waals surface area (Å²) in [5.74, 6) is 1.11. The summed E-state index contributed by atoms with van der Waals surface area (Å²) in [5, 5.41) is 0. The minimum Gasteiger partial charge on any atom is -0.339 e. The van der Waals surface area contributed by atoms with Crippen LogP contribution in [-0.2, 0) is 4.79 Å². The lowest BCUT2D eigenvalue weighted by Crippen LogP contribution is -2.53. The molecule has 0 aromatic heterocycles. The molecule has 0 aromatic carbocycles. The van der Waals surface area contributed by atoms with Gasteiger partial charge in [-0.05, 0) is 31.3 Å². The third kappa shape index (κ3) is 4.30. The van der Waals surface area contributed by atoms with Crippen LogP contribution in [0.3, 0.4) is 0 Å². The molecule has 1 aliphatic heterocycles. The van der Waals surface area contributed by atoms with Gasteiger partial charge in [0, 0.05) is 32.2 Å². The zero-order valence-corrected chi connectivity index (χ0v) is 12.6. The van der Waals surface area contributed by atoms with E-state index in [4.69, 9.17) is 5.73 Å². The zero-order chi connectivity index (χ0) is 12.3. The van der Waals surface area contributed by atoms with E-state index >= 15 is 0 Å². The average Bonchev–Trinajstić information content (AvgIpc) is 3.19. The lowest BCUT2D eigenvalue weighted by atomic mass is 10.2. The minimum atomic E-state index is -0.296. The van der Waals surface area contributed by atoms with Crippen molar-refractivity contribution in [3.8, 4) is 0 Å². The summed E-state index contributed by atoms with van der Waals surface area (Å²) in [4.78, 5) is 16.5. The van der Waals surface area contributed by atoms with Crippen molar-refractivity contribution in [2.24, 2.45) is 5.73 Å². The highest BCUT2D eigenvalue weighted by molar-refractivity contribution is 7.98. The van der Waals surface area contributed by atoms with E-state index in [0.29, 0.717) is 0 Å². The largest absolute Gasteiger partial charge is 0.339 e. The lowest BCUT2D eigenvalue weighted by molar-refractivity contribution is -0.134.